The predicted octanol–water partition coefficient (Wildman–Crippen LogP) is 4.51. The van der Waals surface area contributed by atoms with Gasteiger partial charge in [-0.3, -0.25) is 4.79 Å². The second kappa shape index (κ2) is 6.48. The number of fused-ring (bicyclic) bond motifs is 1. The van der Waals surface area contributed by atoms with E-state index in [-0.39, 0.29) is 5.91 Å². The molecule has 0 fully saturated rings. The molecule has 1 amide bonds. The lowest BCUT2D eigenvalue weighted by atomic mass is 10.0. The molecule has 0 saturated heterocycles. The standard InChI is InChI=1S/C20H23N3O/c1-5-19-22-17-12-15(8-11-18(17)23(19)4)20(24)21-16-9-6-14(7-10-16)13(2)3/h6-13H,5H2,1-4H3,(H,21,24). The second-order valence-electron chi connectivity index (χ2n) is 6.37. The molecule has 24 heavy (non-hydrogen) atoms. The van der Waals surface area contributed by atoms with Crippen LogP contribution in [0.3, 0.4) is 0 Å². The first-order valence-corrected chi connectivity index (χ1v) is 8.36. The molecular formula is C20H23N3O. The first kappa shape index (κ1) is 16.2. The minimum absolute atomic E-state index is 0.113. The number of rotatable bonds is 4. The molecule has 124 valence electrons. The summed E-state index contributed by atoms with van der Waals surface area (Å²) in [6.07, 6.45) is 0.870. The van der Waals surface area contributed by atoms with Crippen LogP contribution in [-0.2, 0) is 13.5 Å². The van der Waals surface area contributed by atoms with Gasteiger partial charge in [0.1, 0.15) is 5.82 Å². The van der Waals surface area contributed by atoms with E-state index < -0.39 is 0 Å². The van der Waals surface area contributed by atoms with Crippen molar-refractivity contribution < 1.29 is 4.79 Å². The average Bonchev–Trinajstić information content (AvgIpc) is 2.91. The fourth-order valence-electron chi connectivity index (χ4n) is 2.86. The monoisotopic (exact) mass is 321 g/mol. The number of amides is 1. The van der Waals surface area contributed by atoms with E-state index in [4.69, 9.17) is 0 Å². The number of imidazole rings is 1. The van der Waals surface area contributed by atoms with Crippen LogP contribution in [0.25, 0.3) is 11.0 Å². The van der Waals surface area contributed by atoms with Crippen molar-refractivity contribution >= 4 is 22.6 Å². The zero-order valence-electron chi connectivity index (χ0n) is 14.6. The highest BCUT2D eigenvalue weighted by Gasteiger charge is 2.11. The van der Waals surface area contributed by atoms with E-state index in [0.29, 0.717) is 11.5 Å². The molecule has 0 radical (unpaired) electrons. The minimum Gasteiger partial charge on any atom is -0.331 e. The fraction of sp³-hybridized carbons (Fsp3) is 0.300. The van der Waals surface area contributed by atoms with Crippen molar-refractivity contribution in [3.63, 3.8) is 0 Å². The second-order valence-corrected chi connectivity index (χ2v) is 6.37. The van der Waals surface area contributed by atoms with Gasteiger partial charge in [-0.1, -0.05) is 32.9 Å². The summed E-state index contributed by atoms with van der Waals surface area (Å²) in [6, 6.07) is 13.7. The van der Waals surface area contributed by atoms with Crippen LogP contribution in [0.15, 0.2) is 42.5 Å². The molecule has 0 aliphatic heterocycles. The van der Waals surface area contributed by atoms with Gasteiger partial charge in [-0.25, -0.2) is 4.98 Å². The SMILES string of the molecule is CCc1nc2cc(C(=O)Nc3ccc(C(C)C)cc3)ccc2n1C. The Morgan fingerprint density at radius 2 is 1.88 bits per heavy atom. The van der Waals surface area contributed by atoms with Gasteiger partial charge in [0.05, 0.1) is 11.0 Å². The van der Waals surface area contributed by atoms with Gasteiger partial charge < -0.3 is 9.88 Å². The number of carbonyl (C=O) groups is 1. The van der Waals surface area contributed by atoms with Gasteiger partial charge >= 0.3 is 0 Å². The Morgan fingerprint density at radius 1 is 1.17 bits per heavy atom. The third kappa shape index (κ3) is 3.04. The van der Waals surface area contributed by atoms with Crippen LogP contribution in [0.1, 0.15) is 48.4 Å². The van der Waals surface area contributed by atoms with E-state index in [0.717, 1.165) is 29.0 Å². The molecule has 1 aromatic heterocycles. The topological polar surface area (TPSA) is 46.9 Å². The maximum absolute atomic E-state index is 12.5. The first-order chi connectivity index (χ1) is 11.5. The van der Waals surface area contributed by atoms with Crippen molar-refractivity contribution in [2.24, 2.45) is 7.05 Å². The summed E-state index contributed by atoms with van der Waals surface area (Å²) in [5, 5.41) is 2.95. The van der Waals surface area contributed by atoms with Gasteiger partial charge in [-0.05, 0) is 41.8 Å². The quantitative estimate of drug-likeness (QED) is 0.768. The van der Waals surface area contributed by atoms with Crippen LogP contribution in [0.4, 0.5) is 5.69 Å². The molecule has 1 heterocycles. The molecule has 2 aromatic carbocycles. The van der Waals surface area contributed by atoms with E-state index in [2.05, 4.69) is 47.8 Å². The molecule has 4 nitrogen and oxygen atoms in total. The normalized spacial score (nSPS) is 11.2. The van der Waals surface area contributed by atoms with Crippen molar-refractivity contribution in [3.8, 4) is 0 Å². The van der Waals surface area contributed by atoms with Crippen molar-refractivity contribution in [1.82, 2.24) is 9.55 Å². The lowest BCUT2D eigenvalue weighted by Gasteiger charge is -2.08. The summed E-state index contributed by atoms with van der Waals surface area (Å²) in [4.78, 5) is 17.1. The molecule has 4 heteroatoms. The predicted molar refractivity (Wildman–Crippen MR) is 98.6 cm³/mol. The van der Waals surface area contributed by atoms with Gasteiger partial charge in [-0.2, -0.15) is 0 Å². The number of hydrogen-bond donors (Lipinski definition) is 1. The van der Waals surface area contributed by atoms with Gasteiger partial charge in [0, 0.05) is 24.7 Å². The van der Waals surface area contributed by atoms with Crippen LogP contribution in [0.5, 0.6) is 0 Å². The van der Waals surface area contributed by atoms with Gasteiger partial charge in [-0.15, -0.1) is 0 Å². The summed E-state index contributed by atoms with van der Waals surface area (Å²) < 4.78 is 2.07. The highest BCUT2D eigenvalue weighted by Crippen LogP contribution is 2.20. The zero-order valence-corrected chi connectivity index (χ0v) is 14.6. The number of nitrogens with zero attached hydrogens (tertiary/aromatic N) is 2. The Bertz CT molecular complexity index is 876. The minimum atomic E-state index is -0.113. The number of carbonyl (C=O) groups excluding carboxylic acids is 1. The fourth-order valence-corrected chi connectivity index (χ4v) is 2.86. The molecule has 0 atom stereocenters. The highest BCUT2D eigenvalue weighted by atomic mass is 16.1. The van der Waals surface area contributed by atoms with E-state index >= 15 is 0 Å². The van der Waals surface area contributed by atoms with Gasteiger partial charge in [0.15, 0.2) is 0 Å². The Labute approximate surface area is 142 Å². The van der Waals surface area contributed by atoms with Crippen LogP contribution in [-0.4, -0.2) is 15.5 Å². The van der Waals surface area contributed by atoms with E-state index in [1.165, 1.54) is 5.56 Å². The number of hydrogen-bond acceptors (Lipinski definition) is 2. The lowest BCUT2D eigenvalue weighted by molar-refractivity contribution is 0.102. The van der Waals surface area contributed by atoms with Crippen molar-refractivity contribution in [3.05, 3.63) is 59.4 Å². The Balaban J connectivity index is 1.83. The maximum Gasteiger partial charge on any atom is 0.255 e. The van der Waals surface area contributed by atoms with E-state index in [9.17, 15) is 4.79 Å². The number of aryl methyl sites for hydroxylation is 2. The molecule has 0 aliphatic carbocycles. The van der Waals surface area contributed by atoms with Crippen LogP contribution in [0.2, 0.25) is 0 Å². The Morgan fingerprint density at radius 3 is 2.50 bits per heavy atom. The lowest BCUT2D eigenvalue weighted by Crippen LogP contribution is -2.11. The number of nitrogens with one attached hydrogen (secondary N) is 1. The molecule has 3 rings (SSSR count). The molecule has 0 aliphatic rings. The van der Waals surface area contributed by atoms with Crippen LogP contribution >= 0.6 is 0 Å². The smallest absolute Gasteiger partial charge is 0.255 e. The van der Waals surface area contributed by atoms with Gasteiger partial charge in [0.2, 0.25) is 0 Å². The molecule has 0 unspecified atom stereocenters. The van der Waals surface area contributed by atoms with Crippen molar-refractivity contribution in [1.29, 1.82) is 0 Å². The van der Waals surface area contributed by atoms with Crippen LogP contribution in [0, 0.1) is 0 Å². The molecule has 0 spiro atoms. The van der Waals surface area contributed by atoms with Crippen molar-refractivity contribution in [2.45, 2.75) is 33.1 Å². The Kier molecular flexibility index (Phi) is 4.38. The molecule has 1 N–H and O–H groups in total. The summed E-state index contributed by atoms with van der Waals surface area (Å²) in [6.45, 7) is 6.39. The Hall–Kier alpha value is -2.62. The highest BCUT2D eigenvalue weighted by molar-refractivity contribution is 6.05. The molecule has 0 bridgehead atoms. The molecular weight excluding hydrogens is 298 g/mol. The third-order valence-corrected chi connectivity index (χ3v) is 4.39. The maximum atomic E-state index is 12.5. The third-order valence-electron chi connectivity index (χ3n) is 4.39. The average molecular weight is 321 g/mol. The first-order valence-electron chi connectivity index (χ1n) is 8.36. The summed E-state index contributed by atoms with van der Waals surface area (Å²) in [5.41, 5.74) is 4.59. The van der Waals surface area contributed by atoms with Crippen LogP contribution < -0.4 is 5.32 Å². The van der Waals surface area contributed by atoms with Gasteiger partial charge in [0.25, 0.3) is 5.91 Å². The van der Waals surface area contributed by atoms with Crippen molar-refractivity contribution in [2.75, 3.05) is 5.32 Å². The molecule has 3 aromatic rings. The summed E-state index contributed by atoms with van der Waals surface area (Å²) >= 11 is 0. The molecule has 0 saturated carbocycles. The summed E-state index contributed by atoms with van der Waals surface area (Å²) in [7, 11) is 2.00. The van der Waals surface area contributed by atoms with E-state index in [1.54, 1.807) is 0 Å². The number of benzene rings is 2. The summed E-state index contributed by atoms with van der Waals surface area (Å²) in [5.74, 6) is 1.39. The zero-order chi connectivity index (χ0) is 17.3. The number of anilines is 1. The largest absolute Gasteiger partial charge is 0.331 e. The number of aromatic nitrogens is 2. The van der Waals surface area contributed by atoms with E-state index in [1.807, 2.05) is 37.4 Å².